The van der Waals surface area contributed by atoms with Crippen LogP contribution >= 0.6 is 0 Å². The van der Waals surface area contributed by atoms with E-state index in [0.717, 1.165) is 44.9 Å². The fourth-order valence-corrected chi connectivity index (χ4v) is 5.30. The van der Waals surface area contributed by atoms with Gasteiger partial charge in [0.25, 0.3) is 0 Å². The summed E-state index contributed by atoms with van der Waals surface area (Å²) in [4.78, 5) is 25.2. The Morgan fingerprint density at radius 1 is 0.300 bits per heavy atom. The summed E-state index contributed by atoms with van der Waals surface area (Å²) in [7, 11) is 0. The summed E-state index contributed by atoms with van der Waals surface area (Å²) in [5.74, 6) is 1.37. The van der Waals surface area contributed by atoms with Crippen LogP contribution in [0.2, 0.25) is 0 Å². The third-order valence-corrected chi connectivity index (χ3v) is 8.21. The quantitative estimate of drug-likeness (QED) is 0.166. The number of hydrogen-bond donors (Lipinski definition) is 0. The molecule has 5 aromatic carbocycles. The van der Waals surface area contributed by atoms with Gasteiger partial charge in [0.15, 0.2) is 11.6 Å². The van der Waals surface area contributed by atoms with Gasteiger partial charge in [-0.15, -0.1) is 0 Å². The zero-order valence-corrected chi connectivity index (χ0v) is 27.9. The Hall–Kier alpha value is -5.12. The maximum Gasteiger partial charge on any atom is 0.188 e. The second-order valence-electron chi connectivity index (χ2n) is 11.8. The fourth-order valence-electron chi connectivity index (χ4n) is 5.30. The standard InChI is InChI=1S/C42H40O8/c43-41-29-47-25-23-45-21-22-46-24-26-48-30-42(44)38-11-7-34(8-12-38)36-15-19-40(20-16-36)50-28-32-2-1-31(3-4-32)27-49-39-17-13-35(14-18-39)33-5-9-37(41)10-6-33/h1-20H,21-30H2. The van der Waals surface area contributed by atoms with E-state index in [4.69, 9.17) is 28.4 Å². The van der Waals surface area contributed by atoms with E-state index >= 15 is 0 Å². The first-order valence-corrected chi connectivity index (χ1v) is 16.7. The maximum absolute atomic E-state index is 12.6. The lowest BCUT2D eigenvalue weighted by Crippen LogP contribution is -2.15. The molecule has 5 aromatic rings. The average Bonchev–Trinajstić information content (AvgIpc) is 3.17. The number of carbonyl (C=O) groups excluding carboxylic acids is 2. The zero-order valence-electron chi connectivity index (χ0n) is 27.9. The summed E-state index contributed by atoms with van der Waals surface area (Å²) in [5, 5.41) is 0. The minimum Gasteiger partial charge on any atom is -0.489 e. The molecule has 0 aromatic heterocycles. The summed E-state index contributed by atoms with van der Waals surface area (Å²) < 4.78 is 34.1. The van der Waals surface area contributed by atoms with Gasteiger partial charge in [0.1, 0.15) is 37.9 Å². The van der Waals surface area contributed by atoms with E-state index in [1.807, 2.05) is 121 Å². The largest absolute Gasteiger partial charge is 0.489 e. The van der Waals surface area contributed by atoms with Crippen LogP contribution in [0, 0.1) is 0 Å². The summed E-state index contributed by atoms with van der Waals surface area (Å²) in [5.41, 5.74) is 7.38. The van der Waals surface area contributed by atoms with Gasteiger partial charge in [-0.2, -0.15) is 0 Å². The fraction of sp³-hybridized carbons (Fsp3) is 0.238. The summed E-state index contributed by atoms with van der Waals surface area (Å²) in [6, 6.07) is 39.0. The molecular weight excluding hydrogens is 632 g/mol. The van der Waals surface area contributed by atoms with Gasteiger partial charge in [0.05, 0.1) is 39.6 Å². The predicted molar refractivity (Wildman–Crippen MR) is 191 cm³/mol. The molecular formula is C42H40O8. The first kappa shape index (κ1) is 34.7. The maximum atomic E-state index is 12.6. The Kier molecular flexibility index (Phi) is 12.5. The highest BCUT2D eigenvalue weighted by Crippen LogP contribution is 2.25. The lowest BCUT2D eigenvalue weighted by Gasteiger charge is -2.10. The number of ketones is 2. The molecule has 7 aliphatic rings. The lowest BCUT2D eigenvalue weighted by atomic mass is 10.0. The van der Waals surface area contributed by atoms with Gasteiger partial charge in [0.2, 0.25) is 0 Å². The van der Waals surface area contributed by atoms with Gasteiger partial charge in [-0.1, -0.05) is 97.1 Å². The van der Waals surface area contributed by atoms with Crippen molar-refractivity contribution in [1.29, 1.82) is 0 Å². The van der Waals surface area contributed by atoms with Gasteiger partial charge in [-0.25, -0.2) is 0 Å². The molecule has 10 bridgehead atoms. The van der Waals surface area contributed by atoms with E-state index in [2.05, 4.69) is 0 Å². The van der Waals surface area contributed by atoms with Crippen molar-refractivity contribution in [3.8, 4) is 33.8 Å². The monoisotopic (exact) mass is 672 g/mol. The molecule has 0 saturated heterocycles. The number of Topliss-reactive ketones (excluding diaryl/α,β-unsaturated/α-hetero) is 2. The first-order valence-electron chi connectivity index (χ1n) is 16.7. The molecule has 7 heterocycles. The Labute approximate surface area is 292 Å². The normalized spacial score (nSPS) is 15.7. The number of rotatable bonds is 0. The lowest BCUT2D eigenvalue weighted by molar-refractivity contribution is 0.000472. The van der Waals surface area contributed by atoms with E-state index in [1.165, 1.54) is 0 Å². The minimum absolute atomic E-state index is 0.0182. The van der Waals surface area contributed by atoms with Crippen LogP contribution in [0.15, 0.2) is 121 Å². The van der Waals surface area contributed by atoms with Crippen LogP contribution in [0.25, 0.3) is 22.3 Å². The van der Waals surface area contributed by atoms with Crippen LogP contribution in [-0.2, 0) is 32.2 Å². The molecule has 0 atom stereocenters. The Balaban J connectivity index is 1.06. The van der Waals surface area contributed by atoms with Crippen molar-refractivity contribution in [3.63, 3.8) is 0 Å². The SMILES string of the molecule is O=C1COCCOCCOCCOCC(=O)c2ccc(cc2)-c2ccc(cc2)OCc2ccc(cc2)COc2ccc(cc2)-c2ccc1cc2. The number of fused-ring (bicyclic) bond motifs is 3. The Morgan fingerprint density at radius 3 is 0.920 bits per heavy atom. The van der Waals surface area contributed by atoms with E-state index < -0.39 is 0 Å². The second kappa shape index (κ2) is 18.0. The molecule has 0 unspecified atom stereocenters. The van der Waals surface area contributed by atoms with Crippen LogP contribution in [0.5, 0.6) is 11.5 Å². The third-order valence-electron chi connectivity index (χ3n) is 8.21. The van der Waals surface area contributed by atoms with Gasteiger partial charge in [-0.3, -0.25) is 9.59 Å². The van der Waals surface area contributed by atoms with Crippen molar-refractivity contribution in [1.82, 2.24) is 0 Å². The van der Waals surface area contributed by atoms with Crippen LogP contribution in [0.1, 0.15) is 31.8 Å². The molecule has 12 rings (SSSR count). The molecule has 256 valence electrons. The molecule has 0 aliphatic carbocycles. The Morgan fingerprint density at radius 2 is 0.580 bits per heavy atom. The first-order chi connectivity index (χ1) is 24.6. The molecule has 7 aliphatic heterocycles. The highest BCUT2D eigenvalue weighted by Gasteiger charge is 2.09. The van der Waals surface area contributed by atoms with Crippen molar-refractivity contribution >= 4 is 11.6 Å². The number of ether oxygens (including phenoxy) is 6. The average molecular weight is 673 g/mol. The smallest absolute Gasteiger partial charge is 0.188 e. The highest BCUT2D eigenvalue weighted by molar-refractivity contribution is 5.98. The zero-order chi connectivity index (χ0) is 34.4. The summed E-state index contributed by atoms with van der Waals surface area (Å²) in [6.07, 6.45) is 0. The molecule has 0 amide bonds. The Bertz CT molecular complexity index is 1660. The second-order valence-corrected chi connectivity index (χ2v) is 11.8. The van der Waals surface area contributed by atoms with E-state index in [9.17, 15) is 9.59 Å². The van der Waals surface area contributed by atoms with E-state index in [0.29, 0.717) is 64.0 Å². The molecule has 0 fully saturated rings. The van der Waals surface area contributed by atoms with Gasteiger partial charge in [0, 0.05) is 11.1 Å². The molecule has 0 spiro atoms. The minimum atomic E-state index is -0.0898. The molecule has 0 saturated carbocycles. The van der Waals surface area contributed by atoms with Crippen molar-refractivity contribution < 1.29 is 38.0 Å². The summed E-state index contributed by atoms with van der Waals surface area (Å²) >= 11 is 0. The highest BCUT2D eigenvalue weighted by atomic mass is 16.6. The van der Waals surface area contributed by atoms with E-state index in [1.54, 1.807) is 0 Å². The molecule has 50 heavy (non-hydrogen) atoms. The van der Waals surface area contributed by atoms with Crippen molar-refractivity contribution in [3.05, 3.63) is 144 Å². The number of benzene rings is 5. The van der Waals surface area contributed by atoms with Crippen molar-refractivity contribution in [2.75, 3.05) is 52.9 Å². The number of carbonyl (C=O) groups is 2. The topological polar surface area (TPSA) is 89.5 Å². The third kappa shape index (κ3) is 10.2. The molecule has 0 N–H and O–H groups in total. The summed E-state index contributed by atoms with van der Waals surface area (Å²) in [6.45, 7) is 2.95. The van der Waals surface area contributed by atoms with Crippen LogP contribution < -0.4 is 9.47 Å². The van der Waals surface area contributed by atoms with Gasteiger partial charge < -0.3 is 28.4 Å². The number of hydrogen-bond acceptors (Lipinski definition) is 8. The molecule has 8 nitrogen and oxygen atoms in total. The van der Waals surface area contributed by atoms with Crippen molar-refractivity contribution in [2.45, 2.75) is 13.2 Å². The van der Waals surface area contributed by atoms with Gasteiger partial charge >= 0.3 is 0 Å². The van der Waals surface area contributed by atoms with E-state index in [-0.39, 0.29) is 24.8 Å². The van der Waals surface area contributed by atoms with Crippen LogP contribution in [0.4, 0.5) is 0 Å². The van der Waals surface area contributed by atoms with Crippen LogP contribution in [0.3, 0.4) is 0 Å². The molecule has 8 heteroatoms. The van der Waals surface area contributed by atoms with Gasteiger partial charge in [-0.05, 0) is 57.6 Å². The molecule has 0 radical (unpaired) electrons. The predicted octanol–water partition coefficient (Wildman–Crippen LogP) is 7.62. The van der Waals surface area contributed by atoms with Crippen LogP contribution in [-0.4, -0.2) is 64.4 Å². The van der Waals surface area contributed by atoms with Crippen molar-refractivity contribution in [2.24, 2.45) is 0 Å².